The molecule has 128 valence electrons. The van der Waals surface area contributed by atoms with Gasteiger partial charge in [0.1, 0.15) is 0 Å². The fourth-order valence-corrected chi connectivity index (χ4v) is 2.74. The van der Waals surface area contributed by atoms with Crippen LogP contribution in [0.5, 0.6) is 11.5 Å². The van der Waals surface area contributed by atoms with Crippen LogP contribution in [0.15, 0.2) is 46.9 Å². The SMILES string of the molecule is COc1ccc(NC(=O)CN(C)Cc2ccccc2Br)cc1OC. The number of rotatable bonds is 7. The summed E-state index contributed by atoms with van der Waals surface area (Å²) in [5.74, 6) is 1.12. The van der Waals surface area contributed by atoms with E-state index >= 15 is 0 Å². The molecule has 0 aliphatic heterocycles. The number of hydrogen-bond acceptors (Lipinski definition) is 4. The van der Waals surface area contributed by atoms with Crippen LogP contribution in [-0.4, -0.2) is 38.6 Å². The van der Waals surface area contributed by atoms with Crippen molar-refractivity contribution in [2.45, 2.75) is 6.54 Å². The van der Waals surface area contributed by atoms with E-state index in [1.807, 2.05) is 36.2 Å². The van der Waals surface area contributed by atoms with E-state index in [2.05, 4.69) is 21.2 Å². The van der Waals surface area contributed by atoms with Crippen LogP contribution in [0.2, 0.25) is 0 Å². The van der Waals surface area contributed by atoms with Crippen LogP contribution in [0, 0.1) is 0 Å². The second-order valence-electron chi connectivity index (χ2n) is 5.38. The highest BCUT2D eigenvalue weighted by molar-refractivity contribution is 9.10. The highest BCUT2D eigenvalue weighted by atomic mass is 79.9. The number of hydrogen-bond donors (Lipinski definition) is 1. The molecule has 24 heavy (non-hydrogen) atoms. The van der Waals surface area contributed by atoms with Crippen LogP contribution >= 0.6 is 15.9 Å². The van der Waals surface area contributed by atoms with Gasteiger partial charge in [-0.05, 0) is 30.8 Å². The van der Waals surface area contributed by atoms with Gasteiger partial charge in [0.05, 0.1) is 20.8 Å². The van der Waals surface area contributed by atoms with Crippen LogP contribution in [0.25, 0.3) is 0 Å². The fourth-order valence-electron chi connectivity index (χ4n) is 2.33. The maximum atomic E-state index is 12.2. The molecule has 1 amide bonds. The highest BCUT2D eigenvalue weighted by Gasteiger charge is 2.11. The van der Waals surface area contributed by atoms with Gasteiger partial charge in [-0.2, -0.15) is 0 Å². The van der Waals surface area contributed by atoms with Gasteiger partial charge in [-0.15, -0.1) is 0 Å². The van der Waals surface area contributed by atoms with E-state index < -0.39 is 0 Å². The maximum absolute atomic E-state index is 12.2. The number of amides is 1. The molecule has 1 N–H and O–H groups in total. The van der Waals surface area contributed by atoms with E-state index in [4.69, 9.17) is 9.47 Å². The van der Waals surface area contributed by atoms with Gasteiger partial charge in [0.2, 0.25) is 5.91 Å². The standard InChI is InChI=1S/C18H21BrN2O3/c1-21(11-13-6-4-5-7-15(13)19)12-18(22)20-14-8-9-16(23-2)17(10-14)24-3/h4-10H,11-12H2,1-3H3,(H,20,22). The molecule has 0 aromatic heterocycles. The van der Waals surface area contributed by atoms with Crippen molar-refractivity contribution < 1.29 is 14.3 Å². The predicted octanol–water partition coefficient (Wildman–Crippen LogP) is 3.54. The molecule has 5 nitrogen and oxygen atoms in total. The molecule has 0 aliphatic carbocycles. The zero-order valence-corrected chi connectivity index (χ0v) is 15.6. The summed E-state index contributed by atoms with van der Waals surface area (Å²) in [5.41, 5.74) is 1.81. The van der Waals surface area contributed by atoms with Crippen molar-refractivity contribution >= 4 is 27.5 Å². The summed E-state index contributed by atoms with van der Waals surface area (Å²) >= 11 is 3.52. The Labute approximate surface area is 150 Å². The van der Waals surface area contributed by atoms with E-state index in [1.54, 1.807) is 32.4 Å². The van der Waals surface area contributed by atoms with E-state index in [0.717, 1.165) is 10.0 Å². The Balaban J connectivity index is 1.94. The van der Waals surface area contributed by atoms with Crippen LogP contribution < -0.4 is 14.8 Å². The molecule has 2 rings (SSSR count). The van der Waals surface area contributed by atoms with Crippen molar-refractivity contribution in [2.75, 3.05) is 33.1 Å². The monoisotopic (exact) mass is 392 g/mol. The molecular weight excluding hydrogens is 372 g/mol. The van der Waals surface area contributed by atoms with Crippen molar-refractivity contribution in [3.8, 4) is 11.5 Å². The molecule has 0 unspecified atom stereocenters. The largest absolute Gasteiger partial charge is 0.493 e. The minimum atomic E-state index is -0.0863. The van der Waals surface area contributed by atoms with Gasteiger partial charge in [0.25, 0.3) is 0 Å². The summed E-state index contributed by atoms with van der Waals surface area (Å²) in [6.45, 7) is 0.969. The average Bonchev–Trinajstić information content (AvgIpc) is 2.56. The minimum Gasteiger partial charge on any atom is -0.493 e. The Morgan fingerprint density at radius 3 is 2.50 bits per heavy atom. The predicted molar refractivity (Wildman–Crippen MR) is 98.7 cm³/mol. The second kappa shape index (κ2) is 8.70. The maximum Gasteiger partial charge on any atom is 0.238 e. The number of benzene rings is 2. The Hall–Kier alpha value is -2.05. The number of carbonyl (C=O) groups is 1. The Bertz CT molecular complexity index is 706. The van der Waals surface area contributed by atoms with E-state index in [0.29, 0.717) is 23.7 Å². The number of ether oxygens (including phenoxy) is 2. The van der Waals surface area contributed by atoms with Crippen molar-refractivity contribution in [1.82, 2.24) is 4.90 Å². The first-order chi connectivity index (χ1) is 11.5. The molecular formula is C18H21BrN2O3. The zero-order chi connectivity index (χ0) is 17.5. The Morgan fingerprint density at radius 1 is 1.12 bits per heavy atom. The first-order valence-corrected chi connectivity index (χ1v) is 8.26. The molecule has 0 aliphatic rings. The van der Waals surface area contributed by atoms with Gasteiger partial charge in [-0.1, -0.05) is 34.1 Å². The van der Waals surface area contributed by atoms with Crippen LogP contribution in [0.4, 0.5) is 5.69 Å². The summed E-state index contributed by atoms with van der Waals surface area (Å²) in [7, 11) is 5.05. The molecule has 0 bridgehead atoms. The lowest BCUT2D eigenvalue weighted by atomic mass is 10.2. The lowest BCUT2D eigenvalue weighted by Crippen LogP contribution is -2.29. The summed E-state index contributed by atoms with van der Waals surface area (Å²) in [5, 5.41) is 2.87. The molecule has 2 aromatic carbocycles. The topological polar surface area (TPSA) is 50.8 Å². The molecule has 0 radical (unpaired) electrons. The van der Waals surface area contributed by atoms with E-state index in [1.165, 1.54) is 0 Å². The van der Waals surface area contributed by atoms with Gasteiger partial charge in [-0.25, -0.2) is 0 Å². The highest BCUT2D eigenvalue weighted by Crippen LogP contribution is 2.29. The second-order valence-corrected chi connectivity index (χ2v) is 6.24. The number of nitrogens with zero attached hydrogens (tertiary/aromatic N) is 1. The number of likely N-dealkylation sites (N-methyl/N-ethyl adjacent to an activating group) is 1. The first-order valence-electron chi connectivity index (χ1n) is 7.47. The summed E-state index contributed by atoms with van der Waals surface area (Å²) in [4.78, 5) is 14.2. The summed E-state index contributed by atoms with van der Waals surface area (Å²) < 4.78 is 11.5. The van der Waals surface area contributed by atoms with Crippen LogP contribution in [0.3, 0.4) is 0 Å². The molecule has 0 spiro atoms. The zero-order valence-electron chi connectivity index (χ0n) is 14.0. The number of halogens is 1. The van der Waals surface area contributed by atoms with Crippen LogP contribution in [-0.2, 0) is 11.3 Å². The molecule has 0 saturated carbocycles. The molecule has 2 aromatic rings. The van der Waals surface area contributed by atoms with Crippen molar-refractivity contribution in [3.63, 3.8) is 0 Å². The van der Waals surface area contributed by atoms with E-state index in [-0.39, 0.29) is 12.5 Å². The lowest BCUT2D eigenvalue weighted by molar-refractivity contribution is -0.117. The molecule has 0 heterocycles. The smallest absolute Gasteiger partial charge is 0.238 e. The third kappa shape index (κ3) is 4.97. The Morgan fingerprint density at radius 2 is 1.83 bits per heavy atom. The van der Waals surface area contributed by atoms with Crippen molar-refractivity contribution in [2.24, 2.45) is 0 Å². The van der Waals surface area contributed by atoms with Gasteiger partial charge in [0.15, 0.2) is 11.5 Å². The summed E-state index contributed by atoms with van der Waals surface area (Å²) in [6.07, 6.45) is 0. The molecule has 0 saturated heterocycles. The molecule has 6 heteroatoms. The summed E-state index contributed by atoms with van der Waals surface area (Å²) in [6, 6.07) is 13.3. The third-order valence-corrected chi connectivity index (χ3v) is 4.25. The normalized spacial score (nSPS) is 10.5. The Kier molecular flexibility index (Phi) is 6.63. The number of carbonyl (C=O) groups excluding carboxylic acids is 1. The molecule has 0 fully saturated rings. The average molecular weight is 393 g/mol. The van der Waals surface area contributed by atoms with E-state index in [9.17, 15) is 4.79 Å². The number of methoxy groups -OCH3 is 2. The van der Waals surface area contributed by atoms with Gasteiger partial charge in [-0.3, -0.25) is 9.69 Å². The quantitative estimate of drug-likeness (QED) is 0.782. The van der Waals surface area contributed by atoms with Crippen LogP contribution in [0.1, 0.15) is 5.56 Å². The molecule has 0 atom stereocenters. The number of anilines is 1. The lowest BCUT2D eigenvalue weighted by Gasteiger charge is -2.17. The van der Waals surface area contributed by atoms with Gasteiger partial charge >= 0.3 is 0 Å². The minimum absolute atomic E-state index is 0.0863. The van der Waals surface area contributed by atoms with Gasteiger partial charge < -0.3 is 14.8 Å². The first kappa shape index (κ1) is 18.3. The third-order valence-electron chi connectivity index (χ3n) is 3.48. The van der Waals surface area contributed by atoms with Crippen molar-refractivity contribution in [1.29, 1.82) is 0 Å². The van der Waals surface area contributed by atoms with Crippen molar-refractivity contribution in [3.05, 3.63) is 52.5 Å². The van der Waals surface area contributed by atoms with Gasteiger partial charge in [0, 0.05) is 22.8 Å². The number of nitrogens with one attached hydrogen (secondary N) is 1. The fraction of sp³-hybridized carbons (Fsp3) is 0.278.